The largest absolute Gasteiger partial charge is 0.465 e. The van der Waals surface area contributed by atoms with Crippen LogP contribution in [0, 0.1) is 0 Å². The van der Waals surface area contributed by atoms with Crippen LogP contribution in [0.1, 0.15) is 44.3 Å². The maximum atomic E-state index is 12.0. The first-order valence-corrected chi connectivity index (χ1v) is 8.84. The molecule has 5 nitrogen and oxygen atoms in total. The number of methoxy groups -OCH3 is 1. The maximum absolute atomic E-state index is 12.0. The summed E-state index contributed by atoms with van der Waals surface area (Å²) < 4.78 is 6.59. The minimum Gasteiger partial charge on any atom is -0.465 e. The molecule has 0 saturated carbocycles. The Bertz CT molecular complexity index is 972. The zero-order valence-electron chi connectivity index (χ0n) is 15.7. The number of nitrogens with zero attached hydrogens (tertiary/aromatic N) is 2. The second kappa shape index (κ2) is 7.99. The van der Waals surface area contributed by atoms with Gasteiger partial charge in [-0.3, -0.25) is 9.48 Å². The van der Waals surface area contributed by atoms with E-state index in [-0.39, 0.29) is 0 Å². The molecule has 0 aliphatic heterocycles. The van der Waals surface area contributed by atoms with Crippen LogP contribution in [0.5, 0.6) is 0 Å². The first-order valence-electron chi connectivity index (χ1n) is 8.84. The van der Waals surface area contributed by atoms with E-state index < -0.39 is 5.97 Å². The van der Waals surface area contributed by atoms with Crippen molar-refractivity contribution in [2.75, 3.05) is 7.11 Å². The molecule has 27 heavy (non-hydrogen) atoms. The van der Waals surface area contributed by atoms with Crippen molar-refractivity contribution in [2.24, 2.45) is 7.05 Å². The van der Waals surface area contributed by atoms with Gasteiger partial charge in [0.15, 0.2) is 6.29 Å². The average Bonchev–Trinajstić information content (AvgIpc) is 3.14. The Morgan fingerprint density at radius 1 is 1.15 bits per heavy atom. The number of aromatic nitrogens is 2. The first kappa shape index (κ1) is 18.6. The summed E-state index contributed by atoms with van der Waals surface area (Å²) >= 11 is 0. The van der Waals surface area contributed by atoms with Gasteiger partial charge in [0, 0.05) is 24.4 Å². The Kier molecular flexibility index (Phi) is 5.50. The topological polar surface area (TPSA) is 61.2 Å². The van der Waals surface area contributed by atoms with Crippen molar-refractivity contribution in [1.29, 1.82) is 0 Å². The molecule has 2 aromatic carbocycles. The van der Waals surface area contributed by atoms with Crippen molar-refractivity contribution in [3.8, 4) is 11.3 Å². The van der Waals surface area contributed by atoms with Gasteiger partial charge in [0.25, 0.3) is 0 Å². The molecule has 3 aromatic rings. The highest BCUT2D eigenvalue weighted by atomic mass is 16.5. The lowest BCUT2D eigenvalue weighted by Crippen LogP contribution is -2.08. The SMILES string of the molecule is CCc1cc(C=O)c(C(=O)OC)cc1Cc1ccc(-c2ccn(C)n2)cc1. The summed E-state index contributed by atoms with van der Waals surface area (Å²) in [4.78, 5) is 23.4. The van der Waals surface area contributed by atoms with Gasteiger partial charge in [0.2, 0.25) is 0 Å². The molecule has 0 bridgehead atoms. The lowest BCUT2D eigenvalue weighted by Gasteiger charge is -2.13. The molecule has 138 valence electrons. The average molecular weight is 362 g/mol. The lowest BCUT2D eigenvalue weighted by molar-refractivity contribution is 0.0598. The van der Waals surface area contributed by atoms with Crippen molar-refractivity contribution in [2.45, 2.75) is 19.8 Å². The minimum absolute atomic E-state index is 0.310. The molecule has 0 atom stereocenters. The van der Waals surface area contributed by atoms with Gasteiger partial charge in [-0.1, -0.05) is 31.2 Å². The third-order valence-corrected chi connectivity index (χ3v) is 4.64. The van der Waals surface area contributed by atoms with Gasteiger partial charge in [0.05, 0.1) is 18.4 Å². The van der Waals surface area contributed by atoms with Crippen molar-refractivity contribution in [1.82, 2.24) is 9.78 Å². The van der Waals surface area contributed by atoms with Crippen molar-refractivity contribution < 1.29 is 14.3 Å². The van der Waals surface area contributed by atoms with Crippen LogP contribution in [0.15, 0.2) is 48.7 Å². The number of esters is 1. The van der Waals surface area contributed by atoms with E-state index in [9.17, 15) is 9.59 Å². The predicted molar refractivity (Wildman–Crippen MR) is 104 cm³/mol. The molecule has 0 aliphatic rings. The van der Waals surface area contributed by atoms with Crippen LogP contribution in [0.3, 0.4) is 0 Å². The predicted octanol–water partition coefficient (Wildman–Crippen LogP) is 3.84. The number of carbonyl (C=O) groups excluding carboxylic acids is 2. The number of ether oxygens (including phenoxy) is 1. The molecule has 0 radical (unpaired) electrons. The van der Waals surface area contributed by atoms with E-state index in [2.05, 4.69) is 17.2 Å². The van der Waals surface area contributed by atoms with E-state index in [1.807, 2.05) is 38.4 Å². The Morgan fingerprint density at radius 3 is 2.44 bits per heavy atom. The number of carbonyl (C=O) groups is 2. The molecule has 1 heterocycles. The Balaban J connectivity index is 1.92. The molecular weight excluding hydrogens is 340 g/mol. The molecule has 0 N–H and O–H groups in total. The van der Waals surface area contributed by atoms with Gasteiger partial charge < -0.3 is 4.74 Å². The number of aryl methyl sites for hydroxylation is 2. The van der Waals surface area contributed by atoms with Crippen molar-refractivity contribution in [3.63, 3.8) is 0 Å². The summed E-state index contributed by atoms with van der Waals surface area (Å²) in [5.41, 5.74) is 5.87. The van der Waals surface area contributed by atoms with E-state index in [1.165, 1.54) is 7.11 Å². The monoisotopic (exact) mass is 362 g/mol. The van der Waals surface area contributed by atoms with E-state index in [1.54, 1.807) is 16.8 Å². The zero-order chi connectivity index (χ0) is 19.4. The van der Waals surface area contributed by atoms with Crippen LogP contribution < -0.4 is 0 Å². The van der Waals surface area contributed by atoms with Crippen LogP contribution in [-0.2, 0) is 24.6 Å². The Labute approximate surface area is 158 Å². The summed E-state index contributed by atoms with van der Waals surface area (Å²) in [6, 6.07) is 13.8. The number of rotatable bonds is 6. The standard InChI is InChI=1S/C22H22N2O3/c1-4-16-12-19(14-25)20(22(26)27-3)13-18(16)11-15-5-7-17(8-6-15)21-9-10-24(2)23-21/h5-10,12-14H,4,11H2,1-3H3. The summed E-state index contributed by atoms with van der Waals surface area (Å²) in [5.74, 6) is -0.494. The molecule has 0 saturated heterocycles. The molecule has 5 heteroatoms. The quantitative estimate of drug-likeness (QED) is 0.494. The number of hydrogen-bond acceptors (Lipinski definition) is 4. The van der Waals surface area contributed by atoms with Crippen LogP contribution in [-0.4, -0.2) is 29.1 Å². The maximum Gasteiger partial charge on any atom is 0.338 e. The van der Waals surface area contributed by atoms with E-state index in [0.29, 0.717) is 23.8 Å². The fourth-order valence-corrected chi connectivity index (χ4v) is 3.17. The van der Waals surface area contributed by atoms with E-state index in [4.69, 9.17) is 4.74 Å². The summed E-state index contributed by atoms with van der Waals surface area (Å²) in [6.07, 6.45) is 4.08. The van der Waals surface area contributed by atoms with Crippen LogP contribution >= 0.6 is 0 Å². The van der Waals surface area contributed by atoms with E-state index >= 15 is 0 Å². The number of aldehydes is 1. The molecule has 0 unspecified atom stereocenters. The minimum atomic E-state index is -0.494. The van der Waals surface area contributed by atoms with Crippen LogP contribution in [0.4, 0.5) is 0 Å². The second-order valence-electron chi connectivity index (χ2n) is 6.42. The summed E-state index contributed by atoms with van der Waals surface area (Å²) in [7, 11) is 3.21. The highest BCUT2D eigenvalue weighted by Gasteiger charge is 2.15. The molecule has 1 aromatic heterocycles. The van der Waals surface area contributed by atoms with Gasteiger partial charge in [-0.15, -0.1) is 0 Å². The van der Waals surface area contributed by atoms with Crippen LogP contribution in [0.25, 0.3) is 11.3 Å². The van der Waals surface area contributed by atoms with Gasteiger partial charge in [-0.05, 0) is 47.7 Å². The molecule has 0 spiro atoms. The fraction of sp³-hybridized carbons (Fsp3) is 0.227. The molecular formula is C22H22N2O3. The Morgan fingerprint density at radius 2 is 1.89 bits per heavy atom. The van der Waals surface area contributed by atoms with Crippen molar-refractivity contribution in [3.05, 3.63) is 76.5 Å². The lowest BCUT2D eigenvalue weighted by atomic mass is 9.93. The van der Waals surface area contributed by atoms with Gasteiger partial charge in [-0.2, -0.15) is 5.10 Å². The van der Waals surface area contributed by atoms with Crippen molar-refractivity contribution >= 4 is 12.3 Å². The summed E-state index contributed by atoms with van der Waals surface area (Å²) in [6.45, 7) is 2.04. The smallest absolute Gasteiger partial charge is 0.338 e. The van der Waals surface area contributed by atoms with Crippen LogP contribution in [0.2, 0.25) is 0 Å². The fourth-order valence-electron chi connectivity index (χ4n) is 3.17. The highest BCUT2D eigenvalue weighted by Crippen LogP contribution is 2.23. The number of hydrogen-bond donors (Lipinski definition) is 0. The Hall–Kier alpha value is -3.21. The molecule has 0 aliphatic carbocycles. The molecule has 0 fully saturated rings. The van der Waals surface area contributed by atoms with Gasteiger partial charge >= 0.3 is 5.97 Å². The van der Waals surface area contributed by atoms with Gasteiger partial charge in [0.1, 0.15) is 0 Å². The van der Waals surface area contributed by atoms with Gasteiger partial charge in [-0.25, -0.2) is 4.79 Å². The molecule has 3 rings (SSSR count). The first-order chi connectivity index (χ1) is 13.0. The third kappa shape index (κ3) is 3.97. The highest BCUT2D eigenvalue weighted by molar-refractivity contribution is 5.98. The molecule has 0 amide bonds. The second-order valence-corrected chi connectivity index (χ2v) is 6.42. The number of benzene rings is 2. The third-order valence-electron chi connectivity index (χ3n) is 4.64. The van der Waals surface area contributed by atoms with E-state index in [0.717, 1.165) is 34.4 Å². The zero-order valence-corrected chi connectivity index (χ0v) is 15.7. The summed E-state index contributed by atoms with van der Waals surface area (Å²) in [5, 5.41) is 4.41. The normalized spacial score (nSPS) is 10.6.